The normalized spacial score (nSPS) is 18.2. The molecule has 2 unspecified atom stereocenters. The molecule has 9 nitrogen and oxygen atoms in total. The van der Waals surface area contributed by atoms with Crippen molar-refractivity contribution in [2.45, 2.75) is 118 Å². The number of amides is 2. The molecular formula is C30H46N6O3. The van der Waals surface area contributed by atoms with Crippen LogP contribution in [0.15, 0.2) is 18.5 Å². The van der Waals surface area contributed by atoms with Crippen molar-refractivity contribution >= 4 is 17.8 Å². The number of terminal acetylenes is 1. The number of carbonyl (C=O) groups excluding carboxylic acids is 2. The van der Waals surface area contributed by atoms with Crippen LogP contribution in [0.4, 0.5) is 10.6 Å². The second kappa shape index (κ2) is 11.4. The molecule has 2 amide bonds. The van der Waals surface area contributed by atoms with E-state index in [-0.39, 0.29) is 46.4 Å². The third kappa shape index (κ3) is 8.35. The maximum Gasteiger partial charge on any atom is 0.407 e. The Bertz CT molecular complexity index is 1210. The molecule has 1 aliphatic carbocycles. The molecule has 0 aliphatic heterocycles. The maximum atomic E-state index is 13.2. The van der Waals surface area contributed by atoms with Crippen LogP contribution in [-0.2, 0) is 16.8 Å². The predicted octanol–water partition coefficient (Wildman–Crippen LogP) is 5.93. The first-order valence-electron chi connectivity index (χ1n) is 13.9. The minimum Gasteiger partial charge on any atom is -0.446 e. The van der Waals surface area contributed by atoms with Gasteiger partial charge in [0.2, 0.25) is 0 Å². The lowest BCUT2D eigenvalue weighted by Gasteiger charge is -2.31. The van der Waals surface area contributed by atoms with Gasteiger partial charge in [-0.3, -0.25) is 9.48 Å². The summed E-state index contributed by atoms with van der Waals surface area (Å²) in [5.41, 5.74) is 0.726. The Balaban J connectivity index is 1.71. The van der Waals surface area contributed by atoms with E-state index in [0.29, 0.717) is 24.3 Å². The Labute approximate surface area is 233 Å². The molecule has 39 heavy (non-hydrogen) atoms. The second-order valence-electron chi connectivity index (χ2n) is 13.6. The zero-order valence-corrected chi connectivity index (χ0v) is 25.1. The number of aromatic nitrogens is 4. The van der Waals surface area contributed by atoms with Gasteiger partial charge in [0.05, 0.1) is 23.0 Å². The molecule has 1 saturated carbocycles. The van der Waals surface area contributed by atoms with E-state index in [9.17, 15) is 9.59 Å². The van der Waals surface area contributed by atoms with Crippen LogP contribution in [0, 0.1) is 23.2 Å². The van der Waals surface area contributed by atoms with Gasteiger partial charge in [0.25, 0.3) is 5.91 Å². The number of hydrogen-bond donors (Lipinski definition) is 2. The molecule has 2 aromatic rings. The van der Waals surface area contributed by atoms with E-state index in [1.165, 1.54) is 0 Å². The van der Waals surface area contributed by atoms with Crippen molar-refractivity contribution in [2.75, 3.05) is 5.32 Å². The highest BCUT2D eigenvalue weighted by atomic mass is 16.6. The van der Waals surface area contributed by atoms with Gasteiger partial charge in [0.15, 0.2) is 0 Å². The highest BCUT2D eigenvalue weighted by Gasteiger charge is 2.33. The standard InChI is InChI=1S/C30H46N6O3/c1-11-29(7,8)18-30(9,10)19-35-17-22(16-31-35)26(37)33-25-15-24(34-36(25)28(4,5)6)21-12-13-23(14-21)39-27(38)32-20(2)3/h1,15-17,20-21,23H,12-14,18-19H2,2-10H3,(H,32,38)(H,33,37). The molecule has 0 bridgehead atoms. The fourth-order valence-electron chi connectivity index (χ4n) is 5.43. The van der Waals surface area contributed by atoms with E-state index in [2.05, 4.69) is 49.3 Å². The number of alkyl carbamates (subject to hydrolysis) is 1. The number of nitrogens with zero attached hydrogens (tertiary/aromatic N) is 4. The van der Waals surface area contributed by atoms with Crippen LogP contribution in [0.5, 0.6) is 0 Å². The third-order valence-electron chi connectivity index (χ3n) is 6.88. The predicted molar refractivity (Wildman–Crippen MR) is 154 cm³/mol. The molecule has 1 fully saturated rings. The van der Waals surface area contributed by atoms with Crippen molar-refractivity contribution in [1.82, 2.24) is 24.9 Å². The molecule has 1 aliphatic rings. The topological polar surface area (TPSA) is 103 Å². The summed E-state index contributed by atoms with van der Waals surface area (Å²) in [6.07, 6.45) is 11.7. The second-order valence-corrected chi connectivity index (χ2v) is 13.6. The number of anilines is 1. The van der Waals surface area contributed by atoms with Crippen molar-refractivity contribution in [2.24, 2.45) is 10.8 Å². The van der Waals surface area contributed by atoms with E-state index in [4.69, 9.17) is 16.3 Å². The summed E-state index contributed by atoms with van der Waals surface area (Å²) >= 11 is 0. The Morgan fingerprint density at radius 3 is 2.49 bits per heavy atom. The largest absolute Gasteiger partial charge is 0.446 e. The number of carbonyl (C=O) groups is 2. The van der Waals surface area contributed by atoms with Crippen LogP contribution in [-0.4, -0.2) is 43.7 Å². The first kappa shape index (κ1) is 30.3. The molecule has 214 valence electrons. The van der Waals surface area contributed by atoms with Crippen LogP contribution in [0.3, 0.4) is 0 Å². The number of nitrogens with one attached hydrogen (secondary N) is 2. The van der Waals surface area contributed by atoms with Gasteiger partial charge in [-0.05, 0) is 79.6 Å². The zero-order chi connectivity index (χ0) is 29.2. The van der Waals surface area contributed by atoms with Crippen molar-refractivity contribution in [3.63, 3.8) is 0 Å². The average Bonchev–Trinajstić information content (AvgIpc) is 3.51. The van der Waals surface area contributed by atoms with Gasteiger partial charge in [0, 0.05) is 36.2 Å². The third-order valence-corrected chi connectivity index (χ3v) is 6.88. The Morgan fingerprint density at radius 2 is 1.87 bits per heavy atom. The average molecular weight is 539 g/mol. The fraction of sp³-hybridized carbons (Fsp3) is 0.667. The highest BCUT2D eigenvalue weighted by Crippen LogP contribution is 2.38. The zero-order valence-electron chi connectivity index (χ0n) is 25.1. The monoisotopic (exact) mass is 538 g/mol. The number of rotatable bonds is 9. The summed E-state index contributed by atoms with van der Waals surface area (Å²) in [5.74, 6) is 3.41. The number of hydrogen-bond acceptors (Lipinski definition) is 5. The van der Waals surface area contributed by atoms with E-state index >= 15 is 0 Å². The van der Waals surface area contributed by atoms with Crippen molar-refractivity contribution in [3.05, 3.63) is 29.7 Å². The summed E-state index contributed by atoms with van der Waals surface area (Å²) < 4.78 is 9.26. The molecule has 0 radical (unpaired) electrons. The van der Waals surface area contributed by atoms with Crippen LogP contribution in [0.25, 0.3) is 0 Å². The minimum atomic E-state index is -0.382. The quantitative estimate of drug-likeness (QED) is 0.385. The van der Waals surface area contributed by atoms with Gasteiger partial charge in [-0.15, -0.1) is 12.3 Å². The van der Waals surface area contributed by atoms with E-state index in [0.717, 1.165) is 25.0 Å². The number of ether oxygens (including phenoxy) is 1. The van der Waals surface area contributed by atoms with Gasteiger partial charge in [0.1, 0.15) is 11.9 Å². The molecule has 0 aromatic carbocycles. The Morgan fingerprint density at radius 1 is 1.18 bits per heavy atom. The van der Waals surface area contributed by atoms with Gasteiger partial charge in [-0.1, -0.05) is 13.8 Å². The van der Waals surface area contributed by atoms with Crippen LogP contribution in [0.1, 0.15) is 110 Å². The first-order valence-corrected chi connectivity index (χ1v) is 13.9. The van der Waals surface area contributed by atoms with Crippen molar-refractivity contribution in [3.8, 4) is 12.3 Å². The summed E-state index contributed by atoms with van der Waals surface area (Å²) in [4.78, 5) is 25.3. The Hall–Kier alpha value is -3.28. The lowest BCUT2D eigenvalue weighted by atomic mass is 9.75. The highest BCUT2D eigenvalue weighted by molar-refractivity contribution is 6.03. The smallest absolute Gasteiger partial charge is 0.407 e. The molecule has 0 spiro atoms. The molecule has 2 heterocycles. The fourth-order valence-corrected chi connectivity index (χ4v) is 5.43. The summed E-state index contributed by atoms with van der Waals surface area (Å²) in [6, 6.07) is 1.97. The minimum absolute atomic E-state index is 0.0301. The SMILES string of the molecule is C#CC(C)(C)CC(C)(C)Cn1cc(C(=O)Nc2cc(C3CCC(OC(=O)NC(C)C)C3)nn2C(C)(C)C)cn1. The molecule has 2 aromatic heterocycles. The molecule has 2 N–H and O–H groups in total. The van der Waals surface area contributed by atoms with E-state index in [1.54, 1.807) is 12.4 Å². The Kier molecular flexibility index (Phi) is 8.88. The van der Waals surface area contributed by atoms with Gasteiger partial charge < -0.3 is 15.4 Å². The molecular weight excluding hydrogens is 492 g/mol. The van der Waals surface area contributed by atoms with E-state index < -0.39 is 0 Å². The first-order chi connectivity index (χ1) is 18.0. The lowest BCUT2D eigenvalue weighted by Crippen LogP contribution is -2.33. The maximum absolute atomic E-state index is 13.2. The summed E-state index contributed by atoms with van der Waals surface area (Å²) in [5, 5.41) is 15.2. The van der Waals surface area contributed by atoms with Gasteiger partial charge >= 0.3 is 6.09 Å². The summed E-state index contributed by atoms with van der Waals surface area (Å²) in [6.45, 7) is 19.0. The van der Waals surface area contributed by atoms with Gasteiger partial charge in [-0.2, -0.15) is 10.2 Å². The van der Waals surface area contributed by atoms with Crippen LogP contribution >= 0.6 is 0 Å². The van der Waals surface area contributed by atoms with Crippen LogP contribution in [0.2, 0.25) is 0 Å². The van der Waals surface area contributed by atoms with Crippen molar-refractivity contribution in [1.29, 1.82) is 0 Å². The molecule has 0 saturated heterocycles. The molecule has 3 rings (SSSR count). The molecule has 9 heteroatoms. The van der Waals surface area contributed by atoms with Crippen LogP contribution < -0.4 is 10.6 Å². The summed E-state index contributed by atoms with van der Waals surface area (Å²) in [7, 11) is 0. The lowest BCUT2D eigenvalue weighted by molar-refractivity contribution is 0.0979. The van der Waals surface area contributed by atoms with Crippen molar-refractivity contribution < 1.29 is 14.3 Å². The van der Waals surface area contributed by atoms with E-state index in [1.807, 2.05) is 50.0 Å². The molecule has 2 atom stereocenters. The van der Waals surface area contributed by atoms with Gasteiger partial charge in [-0.25, -0.2) is 9.48 Å².